The van der Waals surface area contributed by atoms with Crippen LogP contribution in [0, 0.1) is 5.92 Å². The van der Waals surface area contributed by atoms with E-state index in [-0.39, 0.29) is 49.5 Å². The number of unbranched alkanes of at least 4 members (excludes halogenated alkanes) is 1. The van der Waals surface area contributed by atoms with Gasteiger partial charge in [0.15, 0.2) is 0 Å². The Morgan fingerprint density at radius 1 is 0.701 bits per heavy atom. The Morgan fingerprint density at radius 2 is 1.32 bits per heavy atom. The second-order valence-corrected chi connectivity index (χ2v) is 22.0. The van der Waals surface area contributed by atoms with Crippen molar-refractivity contribution in [3.63, 3.8) is 0 Å². The van der Waals surface area contributed by atoms with Gasteiger partial charge in [0.1, 0.15) is 48.0 Å². The van der Waals surface area contributed by atoms with Crippen LogP contribution in [0.2, 0.25) is 0 Å². The summed E-state index contributed by atoms with van der Waals surface area (Å²) < 4.78 is 0. The third-order valence-corrected chi connectivity index (χ3v) is 15.6. The molecule has 21 nitrogen and oxygen atoms in total. The number of aromatic nitrogens is 1. The third-order valence-electron chi connectivity index (χ3n) is 13.1. The molecule has 2 heterocycles. The SMILES string of the molecule is CC(C)[C@H]1NC(=O)[C@H](CCCCN)NC(=O)[C@@H](Cc2c[nH]c3ccccc23)NC(=O)[C@H](Cc2ccc(O)cc2)NC(=O)[C@@H](NC(=O)[C@@H](N)Cc2cccc3ccccc23)CSSC[C@H](C(=O)N[C@H](C(N)=O)[C@@H](C)O)NC1=O. The topological polar surface area (TPSA) is 355 Å². The molecular formula is C54H69N11O10S2. The number of carbonyl (C=O) groups excluding carboxylic acids is 8. The molecule has 1 aliphatic rings. The van der Waals surface area contributed by atoms with Crippen molar-refractivity contribution in [3.05, 3.63) is 114 Å². The molecule has 0 unspecified atom stereocenters. The number of para-hydroxylation sites is 1. The number of aromatic amines is 1. The molecule has 1 aromatic heterocycles. The summed E-state index contributed by atoms with van der Waals surface area (Å²) >= 11 is 0. The molecule has 5 aromatic rings. The van der Waals surface area contributed by atoms with Crippen molar-refractivity contribution in [2.75, 3.05) is 18.1 Å². The third kappa shape index (κ3) is 16.7. The number of aliphatic hydroxyl groups excluding tert-OH is 1. The van der Waals surface area contributed by atoms with E-state index in [0.29, 0.717) is 24.0 Å². The van der Waals surface area contributed by atoms with Crippen molar-refractivity contribution in [2.24, 2.45) is 23.1 Å². The number of fused-ring (bicyclic) bond motifs is 2. The predicted molar refractivity (Wildman–Crippen MR) is 296 cm³/mol. The molecule has 8 amide bonds. The molecule has 0 bridgehead atoms. The van der Waals surface area contributed by atoms with Gasteiger partial charge in [-0.25, -0.2) is 0 Å². The first-order valence-corrected chi connectivity index (χ1v) is 27.9. The number of amides is 8. The number of carbonyl (C=O) groups is 8. The number of hydrogen-bond donors (Lipinski definition) is 13. The second-order valence-electron chi connectivity index (χ2n) is 19.4. The summed E-state index contributed by atoms with van der Waals surface area (Å²) in [6.07, 6.45) is 1.05. The summed E-state index contributed by atoms with van der Waals surface area (Å²) in [5.74, 6) is -7.67. The first-order chi connectivity index (χ1) is 36.8. The van der Waals surface area contributed by atoms with Gasteiger partial charge >= 0.3 is 0 Å². The Hall–Kier alpha value is -7.18. The molecule has 0 spiro atoms. The highest BCUT2D eigenvalue weighted by Crippen LogP contribution is 2.25. The molecule has 77 heavy (non-hydrogen) atoms. The van der Waals surface area contributed by atoms with Crippen LogP contribution in [0.4, 0.5) is 0 Å². The van der Waals surface area contributed by atoms with E-state index in [9.17, 15) is 48.6 Å². The largest absolute Gasteiger partial charge is 0.508 e. The van der Waals surface area contributed by atoms with Crippen molar-refractivity contribution >= 4 is 90.5 Å². The highest BCUT2D eigenvalue weighted by Gasteiger charge is 2.36. The van der Waals surface area contributed by atoms with Crippen molar-refractivity contribution in [1.82, 2.24) is 42.2 Å². The Labute approximate surface area is 453 Å². The van der Waals surface area contributed by atoms with E-state index in [2.05, 4.69) is 42.2 Å². The monoisotopic (exact) mass is 1100 g/mol. The zero-order chi connectivity index (χ0) is 55.8. The molecule has 0 radical (unpaired) electrons. The summed E-state index contributed by atoms with van der Waals surface area (Å²) in [5.41, 5.74) is 20.6. The molecule has 1 aliphatic heterocycles. The van der Waals surface area contributed by atoms with E-state index in [4.69, 9.17) is 17.2 Å². The number of phenolic OH excluding ortho intramolecular Hbond substituents is 1. The lowest BCUT2D eigenvalue weighted by Gasteiger charge is -2.29. The van der Waals surface area contributed by atoms with Gasteiger partial charge in [0.2, 0.25) is 47.3 Å². The Kier molecular flexibility index (Phi) is 21.7. The quantitative estimate of drug-likeness (QED) is 0.0453. The van der Waals surface area contributed by atoms with Crippen LogP contribution in [0.1, 0.15) is 56.7 Å². The molecule has 412 valence electrons. The van der Waals surface area contributed by atoms with Gasteiger partial charge in [0.25, 0.3) is 0 Å². The highest BCUT2D eigenvalue weighted by atomic mass is 33.1. The van der Waals surface area contributed by atoms with E-state index < -0.39 is 108 Å². The lowest BCUT2D eigenvalue weighted by Crippen LogP contribution is -2.62. The Morgan fingerprint density at radius 3 is 2.01 bits per heavy atom. The molecule has 6 rings (SSSR count). The number of H-pyrrole nitrogens is 1. The van der Waals surface area contributed by atoms with E-state index in [1.807, 2.05) is 66.7 Å². The smallest absolute Gasteiger partial charge is 0.244 e. The van der Waals surface area contributed by atoms with Crippen LogP contribution >= 0.6 is 21.6 Å². The first kappa shape index (κ1) is 59.1. The summed E-state index contributed by atoms with van der Waals surface area (Å²) in [4.78, 5) is 117. The normalized spacial score (nSPS) is 21.6. The van der Waals surface area contributed by atoms with Gasteiger partial charge in [0.05, 0.1) is 12.1 Å². The average Bonchev–Trinajstić information content (AvgIpc) is 3.81. The number of hydrogen-bond acceptors (Lipinski definition) is 14. The van der Waals surface area contributed by atoms with Crippen molar-refractivity contribution in [3.8, 4) is 5.75 Å². The number of phenols is 1. The summed E-state index contributed by atoms with van der Waals surface area (Å²) in [6, 6.07) is 15.6. The van der Waals surface area contributed by atoms with Gasteiger partial charge in [-0.05, 0) is 90.7 Å². The molecule has 16 N–H and O–H groups in total. The van der Waals surface area contributed by atoms with E-state index in [1.54, 1.807) is 32.2 Å². The number of rotatable bonds is 17. The first-order valence-electron chi connectivity index (χ1n) is 25.4. The van der Waals surface area contributed by atoms with Crippen LogP contribution in [0.5, 0.6) is 5.75 Å². The molecule has 4 aromatic carbocycles. The molecule has 9 atom stereocenters. The number of aliphatic hydroxyl groups is 1. The maximum Gasteiger partial charge on any atom is 0.244 e. The van der Waals surface area contributed by atoms with Gasteiger partial charge in [-0.3, -0.25) is 38.4 Å². The zero-order valence-electron chi connectivity index (χ0n) is 43.1. The Bertz CT molecular complexity index is 2880. The zero-order valence-corrected chi connectivity index (χ0v) is 44.7. The van der Waals surface area contributed by atoms with Gasteiger partial charge in [-0.2, -0.15) is 0 Å². The van der Waals surface area contributed by atoms with Crippen LogP contribution in [0.25, 0.3) is 21.7 Å². The van der Waals surface area contributed by atoms with Crippen molar-refractivity contribution in [2.45, 2.75) is 114 Å². The number of aromatic hydroxyl groups is 1. The summed E-state index contributed by atoms with van der Waals surface area (Å²) in [7, 11) is 2.03. The maximum absolute atomic E-state index is 14.9. The minimum atomic E-state index is -1.55. The lowest BCUT2D eigenvalue weighted by atomic mass is 9.98. The van der Waals surface area contributed by atoms with Crippen LogP contribution in [-0.2, 0) is 57.6 Å². The van der Waals surface area contributed by atoms with Crippen LogP contribution < -0.4 is 54.4 Å². The Balaban J connectivity index is 1.40. The minimum Gasteiger partial charge on any atom is -0.508 e. The number of nitrogens with one attached hydrogen (secondary N) is 8. The van der Waals surface area contributed by atoms with Gasteiger partial charge in [0, 0.05) is 41.4 Å². The number of nitrogens with two attached hydrogens (primary N) is 3. The maximum atomic E-state index is 14.9. The highest BCUT2D eigenvalue weighted by molar-refractivity contribution is 8.76. The lowest BCUT2D eigenvalue weighted by molar-refractivity contribution is -0.136. The van der Waals surface area contributed by atoms with Gasteiger partial charge in [-0.15, -0.1) is 0 Å². The van der Waals surface area contributed by atoms with E-state index >= 15 is 0 Å². The van der Waals surface area contributed by atoms with Gasteiger partial charge < -0.3 is 69.6 Å². The summed E-state index contributed by atoms with van der Waals surface area (Å²) in [5, 5.41) is 42.1. The van der Waals surface area contributed by atoms with Crippen molar-refractivity contribution < 1.29 is 48.6 Å². The fraction of sp³-hybridized carbons (Fsp3) is 0.407. The molecule has 0 saturated carbocycles. The van der Waals surface area contributed by atoms with Gasteiger partial charge in [-0.1, -0.05) is 108 Å². The van der Waals surface area contributed by atoms with Crippen molar-refractivity contribution in [1.29, 1.82) is 0 Å². The molecule has 23 heteroatoms. The fourth-order valence-corrected chi connectivity index (χ4v) is 11.1. The minimum absolute atomic E-state index is 0.0502. The second kappa shape index (κ2) is 28.3. The number of primary amides is 1. The molecule has 0 aliphatic carbocycles. The van der Waals surface area contributed by atoms with E-state index in [1.165, 1.54) is 19.1 Å². The fourth-order valence-electron chi connectivity index (χ4n) is 8.80. The molecular weight excluding hydrogens is 1030 g/mol. The number of benzene rings is 4. The van der Waals surface area contributed by atoms with E-state index in [0.717, 1.165) is 48.8 Å². The predicted octanol–water partition coefficient (Wildman–Crippen LogP) is 0.822. The van der Waals surface area contributed by atoms with Crippen LogP contribution in [0.3, 0.4) is 0 Å². The van der Waals surface area contributed by atoms with Crippen LogP contribution in [0.15, 0.2) is 97.2 Å². The molecule has 1 saturated heterocycles. The average molecular weight is 1100 g/mol. The molecule has 1 fully saturated rings. The standard InChI is InChI=1S/C54H69N11O10S2/c1-29(2)45-54(75)63-44(53(74)65-46(30(3)66)47(57)68)28-77-76-27-43(62-48(69)38(56)24-33-13-10-12-32-11-4-5-14-36(32)33)52(73)60-41(23-31-18-20-35(67)21-19-31)50(71)61-42(25-34-26-58-39-16-7-6-15-37(34)39)51(72)59-40(49(70)64-45)17-8-9-22-55/h4-7,10-16,18-21,26,29-30,38,40-46,58,66-67H,8-9,17,22-25,27-28,55-56H2,1-3H3,(H2,57,68)(H,59,72)(H,60,73)(H,61,71)(H,62,69)(H,63,75)(H,64,70)(H,65,74)/t30-,38+,40+,41+,42-,43+,44-,45-,46+/m1/s1. The van der Waals surface area contributed by atoms with Crippen LogP contribution in [-0.4, -0.2) is 135 Å². The summed E-state index contributed by atoms with van der Waals surface area (Å²) in [6.45, 7) is 4.85.